The zero-order chi connectivity index (χ0) is 18.0. The minimum atomic E-state index is -4.41. The van der Waals surface area contributed by atoms with Gasteiger partial charge in [0.05, 0.1) is 0 Å². The Hall–Kier alpha value is -1.53. The number of likely N-dealkylation sites (N-methyl/N-ethyl adjacent to an activating group) is 1. The molecule has 0 atom stereocenters. The molecule has 0 aliphatic carbocycles. The summed E-state index contributed by atoms with van der Waals surface area (Å²) >= 11 is 0. The first kappa shape index (κ1) is 23.5. The van der Waals surface area contributed by atoms with E-state index < -0.39 is 18.6 Å². The fourth-order valence-electron chi connectivity index (χ4n) is 1.85. The van der Waals surface area contributed by atoms with Crippen molar-refractivity contribution in [2.75, 3.05) is 33.2 Å². The van der Waals surface area contributed by atoms with E-state index in [2.05, 4.69) is 20.7 Å². The van der Waals surface area contributed by atoms with E-state index in [-0.39, 0.29) is 30.5 Å². The molecule has 0 aliphatic heterocycles. The number of nitrogens with one attached hydrogen (secondary N) is 2. The third-order valence-corrected chi connectivity index (χ3v) is 2.97. The maximum atomic E-state index is 12.2. The summed E-state index contributed by atoms with van der Waals surface area (Å²) in [4.78, 5) is 16.3. The van der Waals surface area contributed by atoms with Gasteiger partial charge in [-0.05, 0) is 19.4 Å². The molecule has 1 amide bonds. The maximum absolute atomic E-state index is 12.2. The summed E-state index contributed by atoms with van der Waals surface area (Å²) in [5.74, 6) is -0.298. The Morgan fingerprint density at radius 1 is 1.36 bits per heavy atom. The van der Waals surface area contributed by atoms with Crippen molar-refractivity contribution in [1.29, 1.82) is 0 Å². The molecule has 0 spiro atoms. The van der Waals surface area contributed by atoms with Crippen molar-refractivity contribution in [1.82, 2.24) is 25.3 Å². The second kappa shape index (κ2) is 11.9. The third kappa shape index (κ3) is 10.8. The van der Waals surface area contributed by atoms with Crippen LogP contribution in [0.1, 0.15) is 13.3 Å². The van der Waals surface area contributed by atoms with Gasteiger partial charge in [0.2, 0.25) is 5.91 Å². The van der Waals surface area contributed by atoms with Gasteiger partial charge in [-0.3, -0.25) is 9.48 Å². The first-order valence-electron chi connectivity index (χ1n) is 7.62. The zero-order valence-electron chi connectivity index (χ0n) is 14.2. The number of rotatable bonds is 8. The predicted octanol–water partition coefficient (Wildman–Crippen LogP) is 1.47. The lowest BCUT2D eigenvalue weighted by molar-refractivity contribution is -0.157. The van der Waals surface area contributed by atoms with Crippen LogP contribution >= 0.6 is 24.0 Å². The number of aromatic nitrogens is 2. The molecule has 0 bridgehead atoms. The minimum Gasteiger partial charge on any atom is -0.357 e. The first-order valence-corrected chi connectivity index (χ1v) is 7.62. The zero-order valence-corrected chi connectivity index (χ0v) is 16.5. The number of alkyl halides is 3. The van der Waals surface area contributed by atoms with Crippen LogP contribution < -0.4 is 10.6 Å². The molecule has 0 aliphatic rings. The largest absolute Gasteiger partial charge is 0.406 e. The van der Waals surface area contributed by atoms with Gasteiger partial charge in [0.1, 0.15) is 13.1 Å². The molecule has 0 radical (unpaired) electrons. The van der Waals surface area contributed by atoms with Gasteiger partial charge in [0, 0.05) is 39.1 Å². The molecule has 0 saturated carbocycles. The van der Waals surface area contributed by atoms with Crippen LogP contribution in [0.5, 0.6) is 0 Å². The molecule has 2 N–H and O–H groups in total. The lowest BCUT2D eigenvalue weighted by atomic mass is 10.4. The van der Waals surface area contributed by atoms with Crippen molar-refractivity contribution in [2.45, 2.75) is 26.1 Å². The van der Waals surface area contributed by atoms with Crippen molar-refractivity contribution in [3.05, 3.63) is 18.5 Å². The van der Waals surface area contributed by atoms with Gasteiger partial charge < -0.3 is 15.5 Å². The minimum absolute atomic E-state index is 0. The molecular formula is C14H24F3IN6O. The first-order chi connectivity index (χ1) is 11.3. The van der Waals surface area contributed by atoms with Gasteiger partial charge in [-0.2, -0.15) is 18.3 Å². The van der Waals surface area contributed by atoms with E-state index in [1.165, 1.54) is 0 Å². The van der Waals surface area contributed by atoms with E-state index in [1.54, 1.807) is 10.9 Å². The highest BCUT2D eigenvalue weighted by atomic mass is 127. The summed E-state index contributed by atoms with van der Waals surface area (Å²) in [6, 6.07) is 1.84. The Labute approximate surface area is 162 Å². The van der Waals surface area contributed by atoms with Crippen molar-refractivity contribution in [2.24, 2.45) is 4.99 Å². The second-order valence-electron chi connectivity index (χ2n) is 5.11. The van der Waals surface area contributed by atoms with Gasteiger partial charge >= 0.3 is 6.18 Å². The Morgan fingerprint density at radius 3 is 2.64 bits per heavy atom. The normalized spacial score (nSPS) is 11.6. The van der Waals surface area contributed by atoms with Gasteiger partial charge in [-0.15, -0.1) is 24.0 Å². The number of nitrogens with zero attached hydrogens (tertiary/aromatic N) is 4. The predicted molar refractivity (Wildman–Crippen MR) is 99.9 cm³/mol. The molecule has 1 aromatic rings. The van der Waals surface area contributed by atoms with Gasteiger partial charge in [-0.1, -0.05) is 0 Å². The average Bonchev–Trinajstić information content (AvgIpc) is 3.00. The van der Waals surface area contributed by atoms with Crippen LogP contribution in [0.25, 0.3) is 0 Å². The van der Waals surface area contributed by atoms with Crippen LogP contribution in [0.4, 0.5) is 13.2 Å². The van der Waals surface area contributed by atoms with Crippen LogP contribution in [-0.4, -0.2) is 66.0 Å². The van der Waals surface area contributed by atoms with E-state index in [1.807, 2.05) is 19.2 Å². The molecule has 7 nitrogen and oxygen atoms in total. The number of hydrogen-bond acceptors (Lipinski definition) is 3. The molecule has 144 valence electrons. The molecule has 1 aromatic heterocycles. The Balaban J connectivity index is 0.00000576. The monoisotopic (exact) mass is 476 g/mol. The number of aliphatic imine (C=N–C) groups is 1. The molecule has 1 heterocycles. The molecule has 0 saturated heterocycles. The van der Waals surface area contributed by atoms with Crippen LogP contribution in [-0.2, 0) is 11.3 Å². The highest BCUT2D eigenvalue weighted by Gasteiger charge is 2.30. The molecular weight excluding hydrogens is 452 g/mol. The number of hydrogen-bond donors (Lipinski definition) is 2. The fraction of sp³-hybridized carbons (Fsp3) is 0.643. The number of guanidine groups is 1. The summed E-state index contributed by atoms with van der Waals surface area (Å²) in [7, 11) is 1.11. The topological polar surface area (TPSA) is 74.6 Å². The van der Waals surface area contributed by atoms with Crippen LogP contribution in [0, 0.1) is 0 Å². The summed E-state index contributed by atoms with van der Waals surface area (Å²) < 4.78 is 38.5. The third-order valence-electron chi connectivity index (χ3n) is 2.97. The van der Waals surface area contributed by atoms with Crippen LogP contribution in [0.2, 0.25) is 0 Å². The molecule has 1 rings (SSSR count). The highest BCUT2D eigenvalue weighted by molar-refractivity contribution is 14.0. The standard InChI is InChI=1S/C14H23F3N6O.HI/c1-3-18-13(19-6-4-8-23-9-5-7-21-23)20-10-12(24)22(2)11-14(15,16)17;/h5,7,9H,3-4,6,8,10-11H2,1-2H3,(H2,18,19,20);1H. The number of carbonyl (C=O) groups excluding carboxylic acids is 1. The van der Waals surface area contributed by atoms with E-state index in [0.717, 1.165) is 20.0 Å². The van der Waals surface area contributed by atoms with E-state index >= 15 is 0 Å². The van der Waals surface area contributed by atoms with E-state index in [0.29, 0.717) is 23.9 Å². The lowest BCUT2D eigenvalue weighted by Gasteiger charge is -2.18. The maximum Gasteiger partial charge on any atom is 0.406 e. The Bertz CT molecular complexity index is 521. The molecule has 25 heavy (non-hydrogen) atoms. The molecule has 0 aromatic carbocycles. The highest BCUT2D eigenvalue weighted by Crippen LogP contribution is 2.15. The Kier molecular flexibility index (Phi) is 11.2. The van der Waals surface area contributed by atoms with E-state index in [4.69, 9.17) is 0 Å². The van der Waals surface area contributed by atoms with Crippen molar-refractivity contribution >= 4 is 35.8 Å². The second-order valence-corrected chi connectivity index (χ2v) is 5.11. The lowest BCUT2D eigenvalue weighted by Crippen LogP contribution is -2.40. The molecule has 0 fully saturated rings. The average molecular weight is 476 g/mol. The van der Waals surface area contributed by atoms with Gasteiger partial charge in [0.25, 0.3) is 0 Å². The smallest absolute Gasteiger partial charge is 0.357 e. The molecule has 11 heteroatoms. The van der Waals surface area contributed by atoms with E-state index in [9.17, 15) is 18.0 Å². The summed E-state index contributed by atoms with van der Waals surface area (Å²) in [6.45, 7) is 2.14. The van der Waals surface area contributed by atoms with Crippen molar-refractivity contribution < 1.29 is 18.0 Å². The van der Waals surface area contributed by atoms with Crippen molar-refractivity contribution in [3.8, 4) is 0 Å². The van der Waals surface area contributed by atoms with Crippen LogP contribution in [0.3, 0.4) is 0 Å². The van der Waals surface area contributed by atoms with Crippen LogP contribution in [0.15, 0.2) is 23.5 Å². The number of amides is 1. The number of carbonyl (C=O) groups is 1. The van der Waals surface area contributed by atoms with Crippen molar-refractivity contribution in [3.63, 3.8) is 0 Å². The fourth-order valence-corrected chi connectivity index (χ4v) is 1.85. The molecule has 0 unspecified atom stereocenters. The number of halogens is 4. The summed E-state index contributed by atoms with van der Waals surface area (Å²) in [5, 5.41) is 10.1. The van der Waals surface area contributed by atoms with Gasteiger partial charge in [-0.25, -0.2) is 4.99 Å². The summed E-state index contributed by atoms with van der Waals surface area (Å²) in [6.07, 6.45) is -0.0755. The number of aryl methyl sites for hydroxylation is 1. The Morgan fingerprint density at radius 2 is 2.08 bits per heavy atom. The van der Waals surface area contributed by atoms with Gasteiger partial charge in [0.15, 0.2) is 5.96 Å². The SMILES string of the molecule is CCNC(=NCC(=O)N(C)CC(F)(F)F)NCCCn1cccn1.I. The quantitative estimate of drug-likeness (QED) is 0.258. The summed E-state index contributed by atoms with van der Waals surface area (Å²) in [5.41, 5.74) is 0.